The van der Waals surface area contributed by atoms with Crippen LogP contribution in [-0.4, -0.2) is 30.1 Å². The molecule has 0 saturated carbocycles. The van der Waals surface area contributed by atoms with Crippen LogP contribution in [0.15, 0.2) is 30.3 Å². The van der Waals surface area contributed by atoms with Gasteiger partial charge in [0.1, 0.15) is 6.61 Å². The number of hydrogen-bond acceptors (Lipinski definition) is 3. The van der Waals surface area contributed by atoms with E-state index in [1.807, 2.05) is 37.3 Å². The Balaban J connectivity index is 2.04. The molecule has 0 unspecified atom stereocenters. The summed E-state index contributed by atoms with van der Waals surface area (Å²) in [7, 11) is 0. The second-order valence-electron chi connectivity index (χ2n) is 4.40. The van der Waals surface area contributed by atoms with E-state index in [1.165, 1.54) is 4.90 Å². The van der Waals surface area contributed by atoms with E-state index in [0.29, 0.717) is 19.6 Å². The van der Waals surface area contributed by atoms with Gasteiger partial charge in [0.05, 0.1) is 6.54 Å². The molecule has 2 rings (SSSR count). The van der Waals surface area contributed by atoms with Crippen molar-refractivity contribution in [1.82, 2.24) is 4.90 Å². The van der Waals surface area contributed by atoms with Gasteiger partial charge in [-0.2, -0.15) is 0 Å². The zero-order chi connectivity index (χ0) is 13.0. The molecule has 18 heavy (non-hydrogen) atoms. The number of rotatable bonds is 4. The Hall–Kier alpha value is -1.84. The van der Waals surface area contributed by atoms with Gasteiger partial charge >= 0.3 is 6.09 Å². The lowest BCUT2D eigenvalue weighted by atomic mass is 9.95. The van der Waals surface area contributed by atoms with Crippen LogP contribution in [0.3, 0.4) is 0 Å². The maximum Gasteiger partial charge on any atom is 0.416 e. The van der Waals surface area contributed by atoms with Crippen molar-refractivity contribution < 1.29 is 14.3 Å². The summed E-state index contributed by atoms with van der Waals surface area (Å²) < 4.78 is 4.80. The first kappa shape index (κ1) is 12.6. The molecule has 1 aliphatic heterocycles. The molecule has 0 bridgehead atoms. The molecule has 0 aliphatic carbocycles. The molecule has 1 heterocycles. The second kappa shape index (κ2) is 5.67. The van der Waals surface area contributed by atoms with E-state index in [4.69, 9.17) is 4.74 Å². The number of benzene rings is 1. The number of nitrogens with zero attached hydrogens (tertiary/aromatic N) is 1. The summed E-state index contributed by atoms with van der Waals surface area (Å²) in [5.41, 5.74) is 1.12. The van der Waals surface area contributed by atoms with Gasteiger partial charge in [-0.3, -0.25) is 4.79 Å². The quantitative estimate of drug-likeness (QED) is 0.819. The molecule has 0 N–H and O–H groups in total. The number of amides is 2. The molecular formula is C14H17NO3. The van der Waals surface area contributed by atoms with Crippen molar-refractivity contribution in [2.45, 2.75) is 19.8 Å². The third kappa shape index (κ3) is 2.70. The van der Waals surface area contributed by atoms with Crippen LogP contribution in [0, 0.1) is 5.92 Å². The molecule has 0 spiro atoms. The molecule has 1 aromatic carbocycles. The third-order valence-corrected chi connectivity index (χ3v) is 3.19. The average molecular weight is 247 g/mol. The zero-order valence-electron chi connectivity index (χ0n) is 10.5. The monoisotopic (exact) mass is 247 g/mol. The number of hydrogen-bond donors (Lipinski definition) is 0. The summed E-state index contributed by atoms with van der Waals surface area (Å²) in [6.45, 7) is 2.65. The van der Waals surface area contributed by atoms with Crippen molar-refractivity contribution in [3.05, 3.63) is 35.9 Å². The summed E-state index contributed by atoms with van der Waals surface area (Å²) in [6, 6.07) is 9.86. The number of ether oxygens (including phenoxy) is 1. The number of carbonyl (C=O) groups excluding carboxylic acids is 2. The smallest absolute Gasteiger partial charge is 0.416 e. The van der Waals surface area contributed by atoms with Crippen molar-refractivity contribution in [3.63, 3.8) is 0 Å². The highest BCUT2D eigenvalue weighted by atomic mass is 16.6. The van der Waals surface area contributed by atoms with Crippen LogP contribution in [0.2, 0.25) is 0 Å². The van der Waals surface area contributed by atoms with E-state index in [1.54, 1.807) is 0 Å². The molecule has 1 aromatic rings. The minimum atomic E-state index is -0.508. The van der Waals surface area contributed by atoms with Gasteiger partial charge in [-0.1, -0.05) is 37.3 Å². The lowest BCUT2D eigenvalue weighted by Gasteiger charge is -2.19. The Morgan fingerprint density at radius 2 is 2.11 bits per heavy atom. The first-order valence-corrected chi connectivity index (χ1v) is 6.24. The third-order valence-electron chi connectivity index (χ3n) is 3.19. The molecule has 4 nitrogen and oxygen atoms in total. The molecular weight excluding hydrogens is 230 g/mol. The number of carbonyl (C=O) groups is 2. The fourth-order valence-corrected chi connectivity index (χ4v) is 2.12. The lowest BCUT2D eigenvalue weighted by molar-refractivity contribution is -0.132. The molecule has 1 saturated heterocycles. The van der Waals surface area contributed by atoms with E-state index in [9.17, 15) is 9.59 Å². The predicted octanol–water partition coefficient (Wildman–Crippen LogP) is 2.23. The van der Waals surface area contributed by atoms with Gasteiger partial charge < -0.3 is 4.74 Å². The van der Waals surface area contributed by atoms with Crippen LogP contribution in [0.1, 0.15) is 18.9 Å². The molecule has 1 atom stereocenters. The average Bonchev–Trinajstić information content (AvgIpc) is 2.82. The summed E-state index contributed by atoms with van der Waals surface area (Å²) in [6.07, 6.45) is 0.879. The van der Waals surface area contributed by atoms with Crippen LogP contribution >= 0.6 is 0 Å². The SMILES string of the molecule is CC[C@@H](Cc1ccccc1)C(=O)N1CCOC1=O. The molecule has 1 aliphatic rings. The Morgan fingerprint density at radius 1 is 1.39 bits per heavy atom. The van der Waals surface area contributed by atoms with Gasteiger partial charge in [0.15, 0.2) is 0 Å². The minimum Gasteiger partial charge on any atom is -0.447 e. The second-order valence-corrected chi connectivity index (χ2v) is 4.40. The molecule has 1 fully saturated rings. The van der Waals surface area contributed by atoms with E-state index in [2.05, 4.69) is 0 Å². The topological polar surface area (TPSA) is 46.6 Å². The van der Waals surface area contributed by atoms with Gasteiger partial charge in [-0.25, -0.2) is 9.69 Å². The van der Waals surface area contributed by atoms with E-state index >= 15 is 0 Å². The molecule has 4 heteroatoms. The largest absolute Gasteiger partial charge is 0.447 e. The maximum atomic E-state index is 12.2. The van der Waals surface area contributed by atoms with Crippen LogP contribution in [0.25, 0.3) is 0 Å². The molecule has 2 amide bonds. The van der Waals surface area contributed by atoms with Crippen molar-refractivity contribution in [1.29, 1.82) is 0 Å². The van der Waals surface area contributed by atoms with Crippen LogP contribution in [0.5, 0.6) is 0 Å². The van der Waals surface area contributed by atoms with Crippen LogP contribution in [-0.2, 0) is 16.0 Å². The lowest BCUT2D eigenvalue weighted by Crippen LogP contribution is -2.37. The van der Waals surface area contributed by atoms with Gasteiger partial charge in [0.25, 0.3) is 0 Å². The normalized spacial score (nSPS) is 16.5. The molecule has 96 valence electrons. The van der Waals surface area contributed by atoms with Crippen molar-refractivity contribution >= 4 is 12.0 Å². The van der Waals surface area contributed by atoms with Gasteiger partial charge in [0, 0.05) is 5.92 Å². The summed E-state index contributed by atoms with van der Waals surface area (Å²) >= 11 is 0. The van der Waals surface area contributed by atoms with Crippen molar-refractivity contribution in [2.75, 3.05) is 13.2 Å². The van der Waals surface area contributed by atoms with E-state index in [0.717, 1.165) is 12.0 Å². The first-order valence-electron chi connectivity index (χ1n) is 6.24. The number of imide groups is 1. The predicted molar refractivity (Wildman–Crippen MR) is 67.0 cm³/mol. The maximum absolute atomic E-state index is 12.2. The Labute approximate surface area is 107 Å². The van der Waals surface area contributed by atoms with Crippen LogP contribution in [0.4, 0.5) is 4.79 Å². The standard InChI is InChI=1S/C14H17NO3/c1-2-12(10-11-6-4-3-5-7-11)13(16)15-8-9-18-14(15)17/h3-7,12H,2,8-10H2,1H3/t12-/m0/s1. The zero-order valence-corrected chi connectivity index (χ0v) is 10.5. The number of cyclic esters (lactones) is 1. The summed E-state index contributed by atoms with van der Waals surface area (Å²) in [4.78, 5) is 24.8. The van der Waals surface area contributed by atoms with Gasteiger partial charge in [0.2, 0.25) is 5.91 Å². The highest BCUT2D eigenvalue weighted by Gasteiger charge is 2.32. The Morgan fingerprint density at radius 3 is 2.67 bits per heavy atom. The summed E-state index contributed by atoms with van der Waals surface area (Å²) in [5.74, 6) is -0.276. The van der Waals surface area contributed by atoms with E-state index < -0.39 is 6.09 Å². The highest BCUT2D eigenvalue weighted by molar-refractivity contribution is 5.94. The van der Waals surface area contributed by atoms with Crippen molar-refractivity contribution in [3.8, 4) is 0 Å². The van der Waals surface area contributed by atoms with Crippen molar-refractivity contribution in [2.24, 2.45) is 5.92 Å². The molecule has 0 aromatic heterocycles. The Kier molecular flexibility index (Phi) is 3.97. The first-order chi connectivity index (χ1) is 8.72. The minimum absolute atomic E-state index is 0.121. The fraction of sp³-hybridized carbons (Fsp3) is 0.429. The Bertz CT molecular complexity index is 430. The summed E-state index contributed by atoms with van der Waals surface area (Å²) in [5, 5.41) is 0. The van der Waals surface area contributed by atoms with Gasteiger partial charge in [-0.05, 0) is 18.4 Å². The molecule has 0 radical (unpaired) electrons. The van der Waals surface area contributed by atoms with Gasteiger partial charge in [-0.15, -0.1) is 0 Å². The van der Waals surface area contributed by atoms with Crippen LogP contribution < -0.4 is 0 Å². The van der Waals surface area contributed by atoms with E-state index in [-0.39, 0.29) is 11.8 Å². The fourth-order valence-electron chi connectivity index (χ4n) is 2.12. The highest BCUT2D eigenvalue weighted by Crippen LogP contribution is 2.17.